The number of carbonyl (C=O) groups is 2. The van der Waals surface area contributed by atoms with Crippen molar-refractivity contribution in [2.45, 2.75) is 52.2 Å². The molecular weight excluding hydrogens is 299 g/mol. The number of rotatable bonds is 2. The highest BCUT2D eigenvalue weighted by atomic mass is 19.1. The smallest absolute Gasteiger partial charge is 0.410 e. The van der Waals surface area contributed by atoms with Crippen molar-refractivity contribution in [3.63, 3.8) is 0 Å². The predicted octanol–water partition coefficient (Wildman–Crippen LogP) is 3.47. The number of likely N-dealkylation sites (tertiary alicyclic amines) is 1. The van der Waals surface area contributed by atoms with Crippen molar-refractivity contribution in [2.24, 2.45) is 0 Å². The summed E-state index contributed by atoms with van der Waals surface area (Å²) in [6.07, 6.45) is 0.742. The van der Waals surface area contributed by atoms with Crippen LogP contribution in [0.1, 0.15) is 39.2 Å². The van der Waals surface area contributed by atoms with Gasteiger partial charge in [-0.2, -0.15) is 0 Å². The summed E-state index contributed by atoms with van der Waals surface area (Å²) < 4.78 is 19.2. The fourth-order valence-electron chi connectivity index (χ4n) is 2.52. The molecule has 1 N–H and O–H groups in total. The lowest BCUT2D eigenvalue weighted by Crippen LogP contribution is -2.45. The van der Waals surface area contributed by atoms with Gasteiger partial charge in [-0.25, -0.2) is 9.18 Å². The van der Waals surface area contributed by atoms with Crippen LogP contribution in [0.4, 0.5) is 14.9 Å². The van der Waals surface area contributed by atoms with E-state index in [0.717, 1.165) is 5.56 Å². The molecular formula is C17H23FN2O3. The third kappa shape index (κ3) is 4.43. The second kappa shape index (κ2) is 6.56. The zero-order chi connectivity index (χ0) is 17.2. The van der Waals surface area contributed by atoms with Gasteiger partial charge in [-0.05, 0) is 58.2 Å². The summed E-state index contributed by atoms with van der Waals surface area (Å²) in [6.45, 7) is 7.56. The van der Waals surface area contributed by atoms with Crippen molar-refractivity contribution in [2.75, 3.05) is 11.9 Å². The van der Waals surface area contributed by atoms with Gasteiger partial charge in [0.15, 0.2) is 0 Å². The first-order chi connectivity index (χ1) is 10.7. The van der Waals surface area contributed by atoms with Crippen LogP contribution in [0.15, 0.2) is 18.2 Å². The number of nitrogens with zero attached hydrogens (tertiary/aromatic N) is 1. The van der Waals surface area contributed by atoms with Gasteiger partial charge in [0, 0.05) is 6.54 Å². The van der Waals surface area contributed by atoms with Crippen LogP contribution in [0.5, 0.6) is 0 Å². The number of anilines is 1. The van der Waals surface area contributed by atoms with Crippen LogP contribution in [-0.2, 0) is 9.53 Å². The van der Waals surface area contributed by atoms with Crippen LogP contribution in [0.3, 0.4) is 0 Å². The number of hydrogen-bond donors (Lipinski definition) is 1. The summed E-state index contributed by atoms with van der Waals surface area (Å²) in [6, 6.07) is 3.97. The fourth-order valence-corrected chi connectivity index (χ4v) is 2.52. The molecule has 0 aliphatic carbocycles. The Morgan fingerprint density at radius 2 is 2.04 bits per heavy atom. The van der Waals surface area contributed by atoms with E-state index in [1.807, 2.05) is 0 Å². The molecule has 6 heteroatoms. The van der Waals surface area contributed by atoms with Crippen molar-refractivity contribution < 1.29 is 18.7 Å². The Balaban J connectivity index is 2.07. The van der Waals surface area contributed by atoms with E-state index in [0.29, 0.717) is 19.4 Å². The highest BCUT2D eigenvalue weighted by Gasteiger charge is 2.36. The molecule has 1 heterocycles. The van der Waals surface area contributed by atoms with E-state index in [-0.39, 0.29) is 5.69 Å². The third-order valence-corrected chi connectivity index (χ3v) is 3.57. The van der Waals surface area contributed by atoms with Gasteiger partial charge in [-0.3, -0.25) is 9.69 Å². The maximum absolute atomic E-state index is 13.9. The zero-order valence-electron chi connectivity index (χ0n) is 14.0. The van der Waals surface area contributed by atoms with Gasteiger partial charge in [-0.15, -0.1) is 0 Å². The standard InChI is InChI=1S/C17H23FN2O3/c1-11-7-8-13(12(18)10-11)19-15(21)14-6-5-9-20(14)16(22)23-17(2,3)4/h7-8,10,14H,5-6,9H2,1-4H3,(H,19,21). The first-order valence-corrected chi connectivity index (χ1v) is 7.74. The molecule has 0 bridgehead atoms. The Labute approximate surface area is 135 Å². The molecule has 5 nitrogen and oxygen atoms in total. The van der Waals surface area contributed by atoms with Gasteiger partial charge >= 0.3 is 6.09 Å². The van der Waals surface area contributed by atoms with Gasteiger partial charge in [0.2, 0.25) is 5.91 Å². The molecule has 1 unspecified atom stereocenters. The number of hydrogen-bond acceptors (Lipinski definition) is 3. The minimum Gasteiger partial charge on any atom is -0.444 e. The number of benzene rings is 1. The van der Waals surface area contributed by atoms with Crippen LogP contribution >= 0.6 is 0 Å². The molecule has 1 aliphatic heterocycles. The van der Waals surface area contributed by atoms with Crippen LogP contribution in [0.25, 0.3) is 0 Å². The van der Waals surface area contributed by atoms with E-state index in [4.69, 9.17) is 4.74 Å². The second-order valence-corrected chi connectivity index (χ2v) is 6.80. The lowest BCUT2D eigenvalue weighted by Gasteiger charge is -2.28. The summed E-state index contributed by atoms with van der Waals surface area (Å²) in [5.41, 5.74) is 0.275. The minimum absolute atomic E-state index is 0.122. The van der Waals surface area contributed by atoms with Crippen LogP contribution in [0, 0.1) is 12.7 Å². The molecule has 1 atom stereocenters. The predicted molar refractivity (Wildman–Crippen MR) is 85.7 cm³/mol. The topological polar surface area (TPSA) is 58.6 Å². The van der Waals surface area contributed by atoms with Crippen LogP contribution in [-0.4, -0.2) is 35.1 Å². The summed E-state index contributed by atoms with van der Waals surface area (Å²) in [5, 5.41) is 2.56. The highest BCUT2D eigenvalue weighted by molar-refractivity contribution is 5.97. The van der Waals surface area contributed by atoms with Gasteiger partial charge in [-0.1, -0.05) is 6.07 Å². The highest BCUT2D eigenvalue weighted by Crippen LogP contribution is 2.23. The fraction of sp³-hybridized carbons (Fsp3) is 0.529. The Morgan fingerprint density at radius 1 is 1.35 bits per heavy atom. The normalized spacial score (nSPS) is 18.0. The van der Waals surface area contributed by atoms with Crippen LogP contribution in [0.2, 0.25) is 0 Å². The lowest BCUT2D eigenvalue weighted by molar-refractivity contribution is -0.120. The number of nitrogens with one attached hydrogen (secondary N) is 1. The molecule has 1 aliphatic rings. The van der Waals surface area contributed by atoms with Gasteiger partial charge in [0.1, 0.15) is 17.5 Å². The Hall–Kier alpha value is -2.11. The van der Waals surface area contributed by atoms with E-state index >= 15 is 0 Å². The summed E-state index contributed by atoms with van der Waals surface area (Å²) in [4.78, 5) is 26.0. The van der Waals surface area contributed by atoms with Crippen molar-refractivity contribution in [3.8, 4) is 0 Å². The largest absolute Gasteiger partial charge is 0.444 e. The van der Waals surface area contributed by atoms with E-state index in [1.165, 1.54) is 17.0 Å². The number of halogens is 1. The van der Waals surface area contributed by atoms with Crippen molar-refractivity contribution in [1.29, 1.82) is 0 Å². The number of ether oxygens (including phenoxy) is 1. The minimum atomic E-state index is -0.634. The number of amides is 2. The van der Waals surface area contributed by atoms with Crippen molar-refractivity contribution in [3.05, 3.63) is 29.6 Å². The zero-order valence-corrected chi connectivity index (χ0v) is 14.0. The number of carbonyl (C=O) groups excluding carboxylic acids is 2. The average molecular weight is 322 g/mol. The molecule has 0 spiro atoms. The molecule has 0 aromatic heterocycles. The molecule has 1 aromatic carbocycles. The molecule has 1 fully saturated rings. The molecule has 126 valence electrons. The second-order valence-electron chi connectivity index (χ2n) is 6.80. The Bertz CT molecular complexity index is 610. The molecule has 2 amide bonds. The Morgan fingerprint density at radius 3 is 2.65 bits per heavy atom. The average Bonchev–Trinajstić information content (AvgIpc) is 2.89. The summed E-state index contributed by atoms with van der Waals surface area (Å²) >= 11 is 0. The maximum Gasteiger partial charge on any atom is 0.410 e. The van der Waals surface area contributed by atoms with E-state index < -0.39 is 29.5 Å². The molecule has 2 rings (SSSR count). The van der Waals surface area contributed by atoms with Crippen molar-refractivity contribution in [1.82, 2.24) is 4.90 Å². The Kier molecular flexibility index (Phi) is 4.92. The maximum atomic E-state index is 13.9. The molecule has 1 saturated heterocycles. The van der Waals surface area contributed by atoms with E-state index in [1.54, 1.807) is 33.8 Å². The molecule has 0 saturated carbocycles. The monoisotopic (exact) mass is 322 g/mol. The quantitative estimate of drug-likeness (QED) is 0.907. The van der Waals surface area contributed by atoms with E-state index in [9.17, 15) is 14.0 Å². The number of aryl methyl sites for hydroxylation is 1. The first-order valence-electron chi connectivity index (χ1n) is 7.74. The van der Waals surface area contributed by atoms with Gasteiger partial charge in [0.05, 0.1) is 5.69 Å². The third-order valence-electron chi connectivity index (χ3n) is 3.57. The first kappa shape index (κ1) is 17.2. The van der Waals surface area contributed by atoms with Gasteiger partial charge < -0.3 is 10.1 Å². The van der Waals surface area contributed by atoms with Crippen molar-refractivity contribution >= 4 is 17.7 Å². The summed E-state index contributed by atoms with van der Waals surface area (Å²) in [7, 11) is 0. The molecule has 1 aromatic rings. The lowest BCUT2D eigenvalue weighted by atomic mass is 10.2. The van der Waals surface area contributed by atoms with Gasteiger partial charge in [0.25, 0.3) is 0 Å². The molecule has 23 heavy (non-hydrogen) atoms. The van der Waals surface area contributed by atoms with Crippen LogP contribution < -0.4 is 5.32 Å². The molecule has 0 radical (unpaired) electrons. The summed E-state index contributed by atoms with van der Waals surface area (Å²) in [5.74, 6) is -0.878. The van der Waals surface area contributed by atoms with E-state index in [2.05, 4.69) is 5.32 Å². The SMILES string of the molecule is Cc1ccc(NC(=O)C2CCCN2C(=O)OC(C)(C)C)c(F)c1.